The van der Waals surface area contributed by atoms with Crippen LogP contribution in [0.1, 0.15) is 17.7 Å². The van der Waals surface area contributed by atoms with E-state index in [1.807, 2.05) is 19.1 Å². The number of nitrogen functional groups attached to an aromatic ring is 1. The fourth-order valence-electron chi connectivity index (χ4n) is 1.94. The van der Waals surface area contributed by atoms with E-state index in [9.17, 15) is 0 Å². The molecule has 92 valence electrons. The highest BCUT2D eigenvalue weighted by molar-refractivity contribution is 5.95. The lowest BCUT2D eigenvalue weighted by atomic mass is 10.2. The third kappa shape index (κ3) is 2.94. The Morgan fingerprint density at radius 2 is 2.24 bits per heavy atom. The van der Waals surface area contributed by atoms with Crippen molar-refractivity contribution >= 4 is 11.7 Å². The van der Waals surface area contributed by atoms with Gasteiger partial charge in [-0.3, -0.25) is 5.41 Å². The first-order valence-electron chi connectivity index (χ1n) is 5.82. The molecule has 5 nitrogen and oxygen atoms in total. The predicted molar refractivity (Wildman–Crippen MR) is 67.6 cm³/mol. The number of aromatic nitrogens is 1. The van der Waals surface area contributed by atoms with Crippen LogP contribution in [-0.2, 0) is 4.74 Å². The lowest BCUT2D eigenvalue weighted by Gasteiger charge is -2.21. The zero-order valence-corrected chi connectivity index (χ0v) is 10.1. The molecule has 0 bridgehead atoms. The average molecular weight is 234 g/mol. The Hall–Kier alpha value is -1.62. The van der Waals surface area contributed by atoms with Gasteiger partial charge in [-0.2, -0.15) is 0 Å². The third-order valence-electron chi connectivity index (χ3n) is 2.80. The molecule has 0 spiro atoms. The van der Waals surface area contributed by atoms with Gasteiger partial charge in [-0.15, -0.1) is 0 Å². The molecule has 1 fully saturated rings. The molecule has 3 N–H and O–H groups in total. The number of nitrogens with one attached hydrogen (secondary N) is 1. The monoisotopic (exact) mass is 234 g/mol. The number of hydrogen-bond acceptors (Lipinski definition) is 4. The summed E-state index contributed by atoms with van der Waals surface area (Å²) in [6, 6.07) is 3.71. The van der Waals surface area contributed by atoms with E-state index in [4.69, 9.17) is 15.9 Å². The molecule has 1 aromatic rings. The Morgan fingerprint density at radius 3 is 3.00 bits per heavy atom. The smallest absolute Gasteiger partial charge is 0.129 e. The maximum atomic E-state index is 7.49. The first kappa shape index (κ1) is 11.9. The summed E-state index contributed by atoms with van der Waals surface area (Å²) in [6.45, 7) is 5.23. The maximum absolute atomic E-state index is 7.49. The van der Waals surface area contributed by atoms with Crippen LogP contribution in [0.5, 0.6) is 0 Å². The van der Waals surface area contributed by atoms with Crippen molar-refractivity contribution in [2.24, 2.45) is 5.73 Å². The number of anilines is 1. The Bertz CT molecular complexity index is 411. The minimum atomic E-state index is 0.0859. The van der Waals surface area contributed by atoms with E-state index < -0.39 is 0 Å². The number of amidine groups is 1. The zero-order valence-electron chi connectivity index (χ0n) is 10.1. The van der Waals surface area contributed by atoms with Crippen molar-refractivity contribution in [1.82, 2.24) is 4.98 Å². The molecule has 0 amide bonds. The first-order valence-corrected chi connectivity index (χ1v) is 5.82. The number of nitrogens with zero attached hydrogens (tertiary/aromatic N) is 2. The summed E-state index contributed by atoms with van der Waals surface area (Å²) in [6.07, 6.45) is 1.00. The number of ether oxygens (including phenoxy) is 1. The second-order valence-corrected chi connectivity index (χ2v) is 4.22. The van der Waals surface area contributed by atoms with Crippen LogP contribution in [0.4, 0.5) is 5.82 Å². The van der Waals surface area contributed by atoms with Gasteiger partial charge in [-0.25, -0.2) is 4.98 Å². The molecule has 0 atom stereocenters. The van der Waals surface area contributed by atoms with Gasteiger partial charge >= 0.3 is 0 Å². The number of nitrogens with two attached hydrogens (primary N) is 1. The molecule has 1 aliphatic heterocycles. The second-order valence-electron chi connectivity index (χ2n) is 4.22. The lowest BCUT2D eigenvalue weighted by molar-refractivity contribution is 0.152. The largest absolute Gasteiger partial charge is 0.384 e. The van der Waals surface area contributed by atoms with Crippen molar-refractivity contribution in [1.29, 1.82) is 5.41 Å². The second kappa shape index (κ2) is 5.14. The molecular formula is C12H18N4O. The van der Waals surface area contributed by atoms with Crippen molar-refractivity contribution in [3.8, 4) is 0 Å². The molecule has 17 heavy (non-hydrogen) atoms. The Kier molecular flexibility index (Phi) is 3.58. The summed E-state index contributed by atoms with van der Waals surface area (Å²) >= 11 is 0. The van der Waals surface area contributed by atoms with Gasteiger partial charge in [0.05, 0.1) is 6.61 Å². The van der Waals surface area contributed by atoms with Gasteiger partial charge in [0, 0.05) is 31.0 Å². The molecule has 1 aromatic heterocycles. The van der Waals surface area contributed by atoms with Crippen LogP contribution in [0, 0.1) is 12.3 Å². The average Bonchev–Trinajstić information content (AvgIpc) is 2.56. The molecule has 0 aromatic carbocycles. The molecule has 0 unspecified atom stereocenters. The van der Waals surface area contributed by atoms with E-state index in [1.165, 1.54) is 0 Å². The third-order valence-corrected chi connectivity index (χ3v) is 2.80. The van der Waals surface area contributed by atoms with Crippen LogP contribution in [0.3, 0.4) is 0 Å². The van der Waals surface area contributed by atoms with Gasteiger partial charge in [0.2, 0.25) is 0 Å². The Labute approximate surface area is 101 Å². The Morgan fingerprint density at radius 1 is 1.41 bits per heavy atom. The molecule has 5 heteroatoms. The first-order chi connectivity index (χ1) is 8.16. The lowest BCUT2D eigenvalue weighted by Crippen LogP contribution is -2.27. The normalized spacial score (nSPS) is 16.6. The van der Waals surface area contributed by atoms with Gasteiger partial charge in [0.15, 0.2) is 0 Å². The SMILES string of the molecule is Cc1cc(C(=N)N)cc(N2CCCOCC2)n1. The van der Waals surface area contributed by atoms with Crippen molar-refractivity contribution < 1.29 is 4.74 Å². The molecule has 0 radical (unpaired) electrons. The van der Waals surface area contributed by atoms with E-state index in [2.05, 4.69) is 9.88 Å². The number of pyridine rings is 1. The summed E-state index contributed by atoms with van der Waals surface area (Å²) in [7, 11) is 0. The highest BCUT2D eigenvalue weighted by atomic mass is 16.5. The highest BCUT2D eigenvalue weighted by Gasteiger charge is 2.13. The predicted octanol–water partition coefficient (Wildman–Crippen LogP) is 0.901. The van der Waals surface area contributed by atoms with Crippen LogP contribution in [-0.4, -0.2) is 37.1 Å². The van der Waals surface area contributed by atoms with E-state index in [0.29, 0.717) is 0 Å². The summed E-state index contributed by atoms with van der Waals surface area (Å²) in [4.78, 5) is 6.69. The molecule has 0 aliphatic carbocycles. The fourth-order valence-corrected chi connectivity index (χ4v) is 1.94. The number of aryl methyl sites for hydroxylation is 1. The van der Waals surface area contributed by atoms with E-state index in [1.54, 1.807) is 0 Å². The molecule has 1 aliphatic rings. The molecule has 0 saturated carbocycles. The van der Waals surface area contributed by atoms with E-state index >= 15 is 0 Å². The van der Waals surface area contributed by atoms with Crippen molar-refractivity contribution in [3.63, 3.8) is 0 Å². The summed E-state index contributed by atoms with van der Waals surface area (Å²) < 4.78 is 5.42. The van der Waals surface area contributed by atoms with Gasteiger partial charge in [-0.1, -0.05) is 0 Å². The molecule has 1 saturated heterocycles. The van der Waals surface area contributed by atoms with Crippen molar-refractivity contribution in [2.75, 3.05) is 31.2 Å². The van der Waals surface area contributed by atoms with Crippen LogP contribution in [0.15, 0.2) is 12.1 Å². The number of hydrogen-bond donors (Lipinski definition) is 2. The van der Waals surface area contributed by atoms with Crippen LogP contribution in [0.25, 0.3) is 0 Å². The van der Waals surface area contributed by atoms with Gasteiger partial charge < -0.3 is 15.4 Å². The minimum Gasteiger partial charge on any atom is -0.384 e. The zero-order chi connectivity index (χ0) is 12.3. The Balaban J connectivity index is 2.27. The fraction of sp³-hybridized carbons (Fsp3) is 0.500. The standard InChI is InChI=1S/C12H18N4O/c1-9-7-10(12(13)14)8-11(15-9)16-3-2-5-17-6-4-16/h7-8H,2-6H2,1H3,(H3,13,14). The van der Waals surface area contributed by atoms with Crippen LogP contribution < -0.4 is 10.6 Å². The number of rotatable bonds is 2. The molecule has 2 rings (SSSR count). The van der Waals surface area contributed by atoms with E-state index in [-0.39, 0.29) is 5.84 Å². The van der Waals surface area contributed by atoms with Gasteiger partial charge in [-0.05, 0) is 25.5 Å². The van der Waals surface area contributed by atoms with Gasteiger partial charge in [0.25, 0.3) is 0 Å². The van der Waals surface area contributed by atoms with Crippen molar-refractivity contribution in [2.45, 2.75) is 13.3 Å². The maximum Gasteiger partial charge on any atom is 0.129 e. The van der Waals surface area contributed by atoms with Gasteiger partial charge in [0.1, 0.15) is 11.7 Å². The van der Waals surface area contributed by atoms with E-state index in [0.717, 1.165) is 49.8 Å². The molecule has 2 heterocycles. The highest BCUT2D eigenvalue weighted by Crippen LogP contribution is 2.16. The summed E-state index contributed by atoms with van der Waals surface area (Å²) in [5.41, 5.74) is 7.15. The van der Waals surface area contributed by atoms with Crippen LogP contribution >= 0.6 is 0 Å². The quantitative estimate of drug-likeness (QED) is 0.589. The molecular weight excluding hydrogens is 216 g/mol. The van der Waals surface area contributed by atoms with Crippen molar-refractivity contribution in [3.05, 3.63) is 23.4 Å². The topological polar surface area (TPSA) is 75.2 Å². The van der Waals surface area contributed by atoms with Crippen LogP contribution in [0.2, 0.25) is 0 Å². The summed E-state index contributed by atoms with van der Waals surface area (Å²) in [5.74, 6) is 0.975. The minimum absolute atomic E-state index is 0.0859. The summed E-state index contributed by atoms with van der Waals surface area (Å²) in [5, 5.41) is 7.49.